The molecule has 22 heavy (non-hydrogen) atoms. The molecule has 1 aliphatic heterocycles. The average Bonchev–Trinajstić information content (AvgIpc) is 2.53. The number of nitrogens with zero attached hydrogens (tertiary/aromatic N) is 1. The van der Waals surface area contributed by atoms with Gasteiger partial charge < -0.3 is 24.8 Å². The summed E-state index contributed by atoms with van der Waals surface area (Å²) < 4.78 is 10.4. The molecule has 0 saturated carbocycles. The van der Waals surface area contributed by atoms with Crippen molar-refractivity contribution in [2.24, 2.45) is 0 Å². The zero-order chi connectivity index (χ0) is 15.9. The molecule has 1 saturated heterocycles. The third kappa shape index (κ3) is 4.63. The molecule has 0 aromatic heterocycles. The minimum absolute atomic E-state index is 0.176. The highest BCUT2D eigenvalue weighted by atomic mass is 16.5. The van der Waals surface area contributed by atoms with Gasteiger partial charge in [-0.1, -0.05) is 30.3 Å². The first-order valence-electron chi connectivity index (χ1n) is 7.06. The quantitative estimate of drug-likeness (QED) is 0.883. The number of nitrogens with one attached hydrogen (secondary N) is 1. The van der Waals surface area contributed by atoms with Gasteiger partial charge in [-0.3, -0.25) is 0 Å². The highest BCUT2D eigenvalue weighted by Gasteiger charge is 2.31. The van der Waals surface area contributed by atoms with Crippen LogP contribution in [0.15, 0.2) is 30.3 Å². The number of hydrogen-bond donors (Lipinski definition) is 2. The van der Waals surface area contributed by atoms with Crippen LogP contribution in [0.5, 0.6) is 0 Å². The van der Waals surface area contributed by atoms with Crippen LogP contribution in [0.4, 0.5) is 9.59 Å². The van der Waals surface area contributed by atoms with Crippen molar-refractivity contribution >= 4 is 12.2 Å². The van der Waals surface area contributed by atoms with Crippen molar-refractivity contribution in [2.45, 2.75) is 25.2 Å². The normalized spacial score (nSPS) is 21.2. The van der Waals surface area contributed by atoms with Gasteiger partial charge >= 0.3 is 12.2 Å². The molecule has 1 aromatic carbocycles. The van der Waals surface area contributed by atoms with Gasteiger partial charge in [0.15, 0.2) is 0 Å². The Morgan fingerprint density at radius 1 is 1.32 bits per heavy atom. The summed E-state index contributed by atoms with van der Waals surface area (Å²) in [6, 6.07) is 9.02. The lowest BCUT2D eigenvalue weighted by atomic mass is 10.0. The van der Waals surface area contributed by atoms with Crippen LogP contribution >= 0.6 is 0 Å². The smallest absolute Gasteiger partial charge is 0.407 e. The molecule has 0 bridgehead atoms. The SMILES string of the molecule is COC1CC(NC(=O)OCc2ccccc2)CN(C(=O)O)C1. The molecular formula is C15H20N2O5. The fraction of sp³-hybridized carbons (Fsp3) is 0.467. The Hall–Kier alpha value is -2.28. The van der Waals surface area contributed by atoms with Crippen molar-refractivity contribution in [1.82, 2.24) is 10.2 Å². The second kappa shape index (κ2) is 7.65. The third-order valence-electron chi connectivity index (χ3n) is 3.55. The van der Waals surface area contributed by atoms with Crippen molar-refractivity contribution in [3.8, 4) is 0 Å². The highest BCUT2D eigenvalue weighted by molar-refractivity contribution is 5.68. The van der Waals surface area contributed by atoms with E-state index in [2.05, 4.69) is 5.32 Å². The van der Waals surface area contributed by atoms with E-state index in [-0.39, 0.29) is 25.3 Å². The van der Waals surface area contributed by atoms with Crippen molar-refractivity contribution < 1.29 is 24.2 Å². The van der Waals surface area contributed by atoms with E-state index in [1.165, 1.54) is 12.0 Å². The highest BCUT2D eigenvalue weighted by Crippen LogP contribution is 2.14. The number of alkyl carbamates (subject to hydrolysis) is 1. The predicted octanol–water partition coefficient (Wildman–Crippen LogP) is 1.68. The zero-order valence-electron chi connectivity index (χ0n) is 12.4. The Labute approximate surface area is 128 Å². The fourth-order valence-electron chi connectivity index (χ4n) is 2.42. The van der Waals surface area contributed by atoms with Crippen LogP contribution in [0.2, 0.25) is 0 Å². The van der Waals surface area contributed by atoms with Crippen LogP contribution in [0.3, 0.4) is 0 Å². The Morgan fingerprint density at radius 3 is 2.68 bits per heavy atom. The summed E-state index contributed by atoms with van der Waals surface area (Å²) in [5.74, 6) is 0. The molecule has 1 aliphatic rings. The van der Waals surface area contributed by atoms with Gasteiger partial charge in [-0.15, -0.1) is 0 Å². The van der Waals surface area contributed by atoms with E-state index in [1.54, 1.807) is 0 Å². The molecule has 7 nitrogen and oxygen atoms in total. The topological polar surface area (TPSA) is 88.1 Å². The number of ether oxygens (including phenoxy) is 2. The Morgan fingerprint density at radius 2 is 2.05 bits per heavy atom. The first-order valence-corrected chi connectivity index (χ1v) is 7.06. The Kier molecular flexibility index (Phi) is 5.60. The van der Waals surface area contributed by atoms with Crippen LogP contribution < -0.4 is 5.32 Å². The largest absolute Gasteiger partial charge is 0.465 e. The van der Waals surface area contributed by atoms with E-state index >= 15 is 0 Å². The number of carboxylic acid groups (broad SMARTS) is 1. The summed E-state index contributed by atoms with van der Waals surface area (Å²) in [5, 5.41) is 11.8. The molecule has 0 spiro atoms. The number of hydrogen-bond acceptors (Lipinski definition) is 4. The van der Waals surface area contributed by atoms with Gasteiger partial charge in [0.2, 0.25) is 0 Å². The molecule has 2 atom stereocenters. The minimum Gasteiger partial charge on any atom is -0.465 e. The number of carbonyl (C=O) groups is 2. The summed E-state index contributed by atoms with van der Waals surface area (Å²) in [6.45, 7) is 0.717. The lowest BCUT2D eigenvalue weighted by Crippen LogP contribution is -2.54. The summed E-state index contributed by atoms with van der Waals surface area (Å²) >= 11 is 0. The van der Waals surface area contributed by atoms with Gasteiger partial charge in [0.05, 0.1) is 18.7 Å². The van der Waals surface area contributed by atoms with E-state index in [1.807, 2.05) is 30.3 Å². The van der Waals surface area contributed by atoms with Crippen molar-refractivity contribution in [2.75, 3.05) is 20.2 Å². The first kappa shape index (κ1) is 16.1. The maximum Gasteiger partial charge on any atom is 0.407 e. The van der Waals surface area contributed by atoms with E-state index in [0.717, 1.165) is 5.56 Å². The number of piperidine rings is 1. The fourth-order valence-corrected chi connectivity index (χ4v) is 2.42. The maximum absolute atomic E-state index is 11.8. The van der Waals surface area contributed by atoms with Crippen LogP contribution in [0.25, 0.3) is 0 Å². The van der Waals surface area contributed by atoms with Gasteiger partial charge in [-0.25, -0.2) is 9.59 Å². The molecule has 2 N–H and O–H groups in total. The molecule has 2 unspecified atom stereocenters. The van der Waals surface area contributed by atoms with Gasteiger partial charge in [0.1, 0.15) is 6.61 Å². The zero-order valence-corrected chi connectivity index (χ0v) is 12.4. The molecule has 1 aromatic rings. The lowest BCUT2D eigenvalue weighted by molar-refractivity contribution is 0.0195. The second-order valence-electron chi connectivity index (χ2n) is 5.18. The summed E-state index contributed by atoms with van der Waals surface area (Å²) in [4.78, 5) is 24.1. The predicted molar refractivity (Wildman–Crippen MR) is 78.6 cm³/mol. The molecule has 1 fully saturated rings. The Balaban J connectivity index is 1.83. The van der Waals surface area contributed by atoms with E-state index in [0.29, 0.717) is 13.0 Å². The second-order valence-corrected chi connectivity index (χ2v) is 5.18. The summed E-state index contributed by atoms with van der Waals surface area (Å²) in [6.07, 6.45) is -1.26. The molecule has 120 valence electrons. The lowest BCUT2D eigenvalue weighted by Gasteiger charge is -2.35. The third-order valence-corrected chi connectivity index (χ3v) is 3.55. The molecular weight excluding hydrogens is 288 g/mol. The van der Waals surface area contributed by atoms with Crippen molar-refractivity contribution in [3.63, 3.8) is 0 Å². The molecule has 7 heteroatoms. The van der Waals surface area contributed by atoms with Crippen LogP contribution in [-0.4, -0.2) is 54.5 Å². The number of carbonyl (C=O) groups excluding carboxylic acids is 1. The van der Waals surface area contributed by atoms with E-state index in [4.69, 9.17) is 14.6 Å². The first-order chi connectivity index (χ1) is 10.6. The van der Waals surface area contributed by atoms with Crippen molar-refractivity contribution in [1.29, 1.82) is 0 Å². The summed E-state index contributed by atoms with van der Waals surface area (Å²) in [5.41, 5.74) is 0.892. The number of likely N-dealkylation sites (tertiary alicyclic amines) is 1. The van der Waals surface area contributed by atoms with Crippen LogP contribution in [0.1, 0.15) is 12.0 Å². The molecule has 1 heterocycles. The standard InChI is InChI=1S/C15H20N2O5/c1-21-13-7-12(8-17(9-13)15(19)20)16-14(18)22-10-11-5-3-2-4-6-11/h2-6,12-13H,7-10H2,1H3,(H,16,18)(H,19,20). The number of benzene rings is 1. The number of methoxy groups -OCH3 is 1. The maximum atomic E-state index is 11.8. The van der Waals surface area contributed by atoms with E-state index < -0.39 is 12.2 Å². The molecule has 2 rings (SSSR count). The number of rotatable bonds is 4. The van der Waals surface area contributed by atoms with Gasteiger partial charge in [-0.05, 0) is 12.0 Å². The van der Waals surface area contributed by atoms with Crippen LogP contribution in [0, 0.1) is 0 Å². The number of amides is 2. The molecule has 0 aliphatic carbocycles. The van der Waals surface area contributed by atoms with Gasteiger partial charge in [-0.2, -0.15) is 0 Å². The molecule has 0 radical (unpaired) electrons. The van der Waals surface area contributed by atoms with Crippen LogP contribution in [-0.2, 0) is 16.1 Å². The van der Waals surface area contributed by atoms with E-state index in [9.17, 15) is 9.59 Å². The minimum atomic E-state index is -1.02. The van der Waals surface area contributed by atoms with Crippen molar-refractivity contribution in [3.05, 3.63) is 35.9 Å². The average molecular weight is 308 g/mol. The monoisotopic (exact) mass is 308 g/mol. The Bertz CT molecular complexity index is 508. The summed E-state index contributed by atoms with van der Waals surface area (Å²) in [7, 11) is 1.53. The van der Waals surface area contributed by atoms with Gasteiger partial charge in [0, 0.05) is 13.7 Å². The molecule has 2 amide bonds. The van der Waals surface area contributed by atoms with Gasteiger partial charge in [0.25, 0.3) is 0 Å².